The summed E-state index contributed by atoms with van der Waals surface area (Å²) in [5.41, 5.74) is 7.15. The molecule has 0 aromatic heterocycles. The topological polar surface area (TPSA) is 35.2 Å². The first kappa shape index (κ1) is 15.3. The highest BCUT2D eigenvalue weighted by Gasteiger charge is 2.24. The Labute approximate surface area is 115 Å². The fourth-order valence-corrected chi connectivity index (χ4v) is 2.20. The van der Waals surface area contributed by atoms with Gasteiger partial charge in [-0.25, -0.2) is 0 Å². The molecule has 0 aliphatic heterocycles. The number of rotatable bonds is 7. The van der Waals surface area contributed by atoms with Gasteiger partial charge in [0.05, 0.1) is 6.61 Å². The fourth-order valence-electron chi connectivity index (χ4n) is 2.09. The Bertz CT molecular complexity index is 366. The van der Waals surface area contributed by atoms with E-state index in [9.17, 15) is 0 Å². The molecule has 1 aromatic carbocycles. The molecular weight excluding hydrogens is 246 g/mol. The third-order valence-corrected chi connectivity index (χ3v) is 4.39. The van der Waals surface area contributed by atoms with E-state index in [1.54, 1.807) is 0 Å². The largest absolute Gasteiger partial charge is 0.494 e. The minimum Gasteiger partial charge on any atom is -0.494 e. The highest BCUT2D eigenvalue weighted by Crippen LogP contribution is 2.29. The van der Waals surface area contributed by atoms with Crippen LogP contribution < -0.4 is 10.5 Å². The fraction of sp³-hybridized carbons (Fsp3) is 0.600. The van der Waals surface area contributed by atoms with E-state index in [0.29, 0.717) is 6.61 Å². The molecule has 1 rings (SSSR count). The second-order valence-corrected chi connectivity index (χ2v) is 5.33. The number of halogens is 1. The maximum atomic E-state index is 5.98. The van der Waals surface area contributed by atoms with Crippen LogP contribution in [-0.4, -0.2) is 13.2 Å². The van der Waals surface area contributed by atoms with Gasteiger partial charge < -0.3 is 10.5 Å². The lowest BCUT2D eigenvalue weighted by atomic mass is 9.80. The molecule has 3 heteroatoms. The SMILES string of the molecule is CCC(CC)(CN)CCOc1ccc(Cl)c(C)c1. The lowest BCUT2D eigenvalue weighted by Crippen LogP contribution is -2.31. The van der Waals surface area contributed by atoms with Crippen LogP contribution in [0.1, 0.15) is 38.7 Å². The summed E-state index contributed by atoms with van der Waals surface area (Å²) >= 11 is 5.98. The molecule has 2 nitrogen and oxygen atoms in total. The van der Waals surface area contributed by atoms with Gasteiger partial charge in [0.2, 0.25) is 0 Å². The summed E-state index contributed by atoms with van der Waals surface area (Å²) < 4.78 is 5.79. The minimum absolute atomic E-state index is 0.224. The predicted octanol–water partition coefficient (Wildman–Crippen LogP) is 4.18. The highest BCUT2D eigenvalue weighted by molar-refractivity contribution is 6.31. The van der Waals surface area contributed by atoms with Crippen molar-refractivity contribution in [3.05, 3.63) is 28.8 Å². The molecule has 18 heavy (non-hydrogen) atoms. The molecule has 0 saturated carbocycles. The zero-order valence-electron chi connectivity index (χ0n) is 11.6. The van der Waals surface area contributed by atoms with Crippen molar-refractivity contribution >= 4 is 11.6 Å². The number of nitrogens with two attached hydrogens (primary N) is 1. The maximum absolute atomic E-state index is 5.98. The Morgan fingerprint density at radius 3 is 2.44 bits per heavy atom. The van der Waals surface area contributed by atoms with Crippen molar-refractivity contribution in [1.29, 1.82) is 0 Å². The molecule has 0 fully saturated rings. The summed E-state index contributed by atoms with van der Waals surface area (Å²) in [4.78, 5) is 0. The third-order valence-electron chi connectivity index (χ3n) is 3.96. The van der Waals surface area contributed by atoms with E-state index in [0.717, 1.165) is 42.1 Å². The van der Waals surface area contributed by atoms with E-state index in [1.165, 1.54) is 0 Å². The van der Waals surface area contributed by atoms with E-state index in [2.05, 4.69) is 13.8 Å². The van der Waals surface area contributed by atoms with Crippen molar-refractivity contribution in [1.82, 2.24) is 0 Å². The van der Waals surface area contributed by atoms with Gasteiger partial charge in [0.25, 0.3) is 0 Å². The maximum Gasteiger partial charge on any atom is 0.119 e. The van der Waals surface area contributed by atoms with Gasteiger partial charge in [0.1, 0.15) is 5.75 Å². The number of benzene rings is 1. The monoisotopic (exact) mass is 269 g/mol. The summed E-state index contributed by atoms with van der Waals surface area (Å²) in [5, 5.41) is 0.778. The standard InChI is InChI=1S/C15H24ClNO/c1-4-15(5-2,11-17)8-9-18-13-6-7-14(16)12(3)10-13/h6-7,10H,4-5,8-9,11,17H2,1-3H3. The molecule has 102 valence electrons. The molecule has 0 bridgehead atoms. The average Bonchev–Trinajstić information content (AvgIpc) is 2.39. The number of ether oxygens (including phenoxy) is 1. The van der Waals surface area contributed by atoms with E-state index in [-0.39, 0.29) is 5.41 Å². The molecule has 0 heterocycles. The van der Waals surface area contributed by atoms with Crippen LogP contribution >= 0.6 is 11.6 Å². The molecule has 0 unspecified atom stereocenters. The summed E-state index contributed by atoms with van der Waals surface area (Å²) in [5.74, 6) is 0.884. The smallest absolute Gasteiger partial charge is 0.119 e. The van der Waals surface area contributed by atoms with Crippen molar-refractivity contribution in [2.24, 2.45) is 11.1 Å². The molecule has 1 aromatic rings. The average molecular weight is 270 g/mol. The quantitative estimate of drug-likeness (QED) is 0.806. The molecule has 0 atom stereocenters. The Morgan fingerprint density at radius 2 is 1.94 bits per heavy atom. The summed E-state index contributed by atoms with van der Waals surface area (Å²) in [7, 11) is 0. The molecule has 0 radical (unpaired) electrons. The first-order chi connectivity index (χ1) is 8.56. The third kappa shape index (κ3) is 3.89. The zero-order chi connectivity index (χ0) is 13.6. The van der Waals surface area contributed by atoms with Gasteiger partial charge in [-0.2, -0.15) is 0 Å². The second kappa shape index (κ2) is 7.01. The first-order valence-corrected chi connectivity index (χ1v) is 7.03. The van der Waals surface area contributed by atoms with Crippen molar-refractivity contribution in [3.8, 4) is 5.75 Å². The molecule has 0 saturated heterocycles. The van der Waals surface area contributed by atoms with E-state index >= 15 is 0 Å². The molecule has 0 amide bonds. The van der Waals surface area contributed by atoms with Gasteiger partial charge in [-0.3, -0.25) is 0 Å². The Hall–Kier alpha value is -0.730. The number of hydrogen-bond acceptors (Lipinski definition) is 2. The van der Waals surface area contributed by atoms with Crippen molar-refractivity contribution in [2.45, 2.75) is 40.0 Å². The number of hydrogen-bond donors (Lipinski definition) is 1. The molecule has 0 aliphatic carbocycles. The summed E-state index contributed by atoms with van der Waals surface area (Å²) in [6, 6.07) is 5.77. The normalized spacial score (nSPS) is 11.6. The van der Waals surface area contributed by atoms with E-state index in [1.807, 2.05) is 25.1 Å². The van der Waals surface area contributed by atoms with Crippen molar-refractivity contribution in [2.75, 3.05) is 13.2 Å². The van der Waals surface area contributed by atoms with Gasteiger partial charge >= 0.3 is 0 Å². The lowest BCUT2D eigenvalue weighted by molar-refractivity contribution is 0.187. The molecule has 2 N–H and O–H groups in total. The molecule has 0 aliphatic rings. The van der Waals surface area contributed by atoms with E-state index < -0.39 is 0 Å². The van der Waals surface area contributed by atoms with E-state index in [4.69, 9.17) is 22.1 Å². The molecular formula is C15H24ClNO. The predicted molar refractivity (Wildman–Crippen MR) is 78.4 cm³/mol. The van der Waals surface area contributed by atoms with Crippen LogP contribution in [0.3, 0.4) is 0 Å². The minimum atomic E-state index is 0.224. The molecule has 0 spiro atoms. The number of aryl methyl sites for hydroxylation is 1. The van der Waals surface area contributed by atoms with Crippen LogP contribution in [0.15, 0.2) is 18.2 Å². The van der Waals surface area contributed by atoms with Crippen molar-refractivity contribution < 1.29 is 4.74 Å². The highest BCUT2D eigenvalue weighted by atomic mass is 35.5. The Kier molecular flexibility index (Phi) is 5.97. The van der Waals surface area contributed by atoms with Crippen LogP contribution in [-0.2, 0) is 0 Å². The van der Waals surface area contributed by atoms with Crippen molar-refractivity contribution in [3.63, 3.8) is 0 Å². The summed E-state index contributed by atoms with van der Waals surface area (Å²) in [6.07, 6.45) is 3.20. The Balaban J connectivity index is 2.52. The van der Waals surface area contributed by atoms with Gasteiger partial charge in [-0.15, -0.1) is 0 Å². The van der Waals surface area contributed by atoms with Gasteiger partial charge in [-0.05, 0) is 61.9 Å². The van der Waals surface area contributed by atoms with Crippen LogP contribution in [0.5, 0.6) is 5.75 Å². The summed E-state index contributed by atoms with van der Waals surface area (Å²) in [6.45, 7) is 7.81. The van der Waals surface area contributed by atoms with Crippen LogP contribution in [0.2, 0.25) is 5.02 Å². The van der Waals surface area contributed by atoms with Gasteiger partial charge in [0.15, 0.2) is 0 Å². The van der Waals surface area contributed by atoms with Gasteiger partial charge in [0, 0.05) is 5.02 Å². The van der Waals surface area contributed by atoms with Crippen LogP contribution in [0, 0.1) is 12.3 Å². The Morgan fingerprint density at radius 1 is 1.28 bits per heavy atom. The van der Waals surface area contributed by atoms with Gasteiger partial charge in [-0.1, -0.05) is 25.4 Å². The van der Waals surface area contributed by atoms with Crippen LogP contribution in [0.25, 0.3) is 0 Å². The first-order valence-electron chi connectivity index (χ1n) is 6.66. The lowest BCUT2D eigenvalue weighted by Gasteiger charge is -2.29. The van der Waals surface area contributed by atoms with Crippen LogP contribution in [0.4, 0.5) is 0 Å². The zero-order valence-corrected chi connectivity index (χ0v) is 12.4. The second-order valence-electron chi connectivity index (χ2n) is 4.92.